The Bertz CT molecular complexity index is 551. The fourth-order valence-corrected chi connectivity index (χ4v) is 5.01. The highest BCUT2D eigenvalue weighted by molar-refractivity contribution is 5.28. The summed E-state index contributed by atoms with van der Waals surface area (Å²) in [6.07, 6.45) is 20.5. The number of hydrogen-bond acceptors (Lipinski definition) is 3. The molecule has 0 aliphatic heterocycles. The van der Waals surface area contributed by atoms with E-state index in [4.69, 9.17) is 0 Å². The molecule has 0 heterocycles. The molecule has 1 saturated carbocycles. The quantitative estimate of drug-likeness (QED) is 0.322. The first-order chi connectivity index (χ1) is 13.9. The molecule has 0 saturated heterocycles. The summed E-state index contributed by atoms with van der Waals surface area (Å²) in [5.74, 6) is 1.73. The van der Waals surface area contributed by atoms with Crippen LogP contribution in [0, 0.1) is 23.7 Å². The van der Waals surface area contributed by atoms with Crippen molar-refractivity contribution in [2.45, 2.75) is 83.8 Å². The zero-order valence-corrected chi connectivity index (χ0v) is 19.3. The molecule has 2 aliphatic carbocycles. The maximum atomic E-state index is 10.5. The van der Waals surface area contributed by atoms with Gasteiger partial charge in [-0.1, -0.05) is 69.1 Å². The maximum absolute atomic E-state index is 10.5. The van der Waals surface area contributed by atoms with Gasteiger partial charge in [0, 0.05) is 5.92 Å². The Kier molecular flexibility index (Phi) is 10.7. The molecule has 6 atom stereocenters. The van der Waals surface area contributed by atoms with Crippen LogP contribution in [0.4, 0.5) is 0 Å². The van der Waals surface area contributed by atoms with Gasteiger partial charge in [-0.2, -0.15) is 0 Å². The van der Waals surface area contributed by atoms with Crippen LogP contribution in [0.3, 0.4) is 0 Å². The van der Waals surface area contributed by atoms with E-state index in [0.717, 1.165) is 32.2 Å². The van der Waals surface area contributed by atoms with E-state index in [0.29, 0.717) is 17.8 Å². The molecule has 0 aromatic carbocycles. The van der Waals surface area contributed by atoms with Gasteiger partial charge in [-0.15, -0.1) is 0 Å². The summed E-state index contributed by atoms with van der Waals surface area (Å²) in [6.45, 7) is 5.61. The molecule has 0 bridgehead atoms. The van der Waals surface area contributed by atoms with Gasteiger partial charge in [0.25, 0.3) is 0 Å². The largest absolute Gasteiger partial charge is 0.392 e. The first-order valence-corrected chi connectivity index (χ1v) is 12.0. The molecular formula is C26H45NO2. The van der Waals surface area contributed by atoms with Gasteiger partial charge in [-0.05, 0) is 76.9 Å². The van der Waals surface area contributed by atoms with Gasteiger partial charge in [0.2, 0.25) is 0 Å². The number of nitrogens with zero attached hydrogens (tertiary/aromatic N) is 1. The van der Waals surface area contributed by atoms with Crippen LogP contribution < -0.4 is 0 Å². The molecule has 1 fully saturated rings. The van der Waals surface area contributed by atoms with E-state index in [1.165, 1.54) is 37.7 Å². The van der Waals surface area contributed by atoms with Gasteiger partial charge < -0.3 is 15.1 Å². The lowest BCUT2D eigenvalue weighted by Crippen LogP contribution is -2.18. The Labute approximate surface area is 179 Å². The Morgan fingerprint density at radius 1 is 1.24 bits per heavy atom. The first-order valence-electron chi connectivity index (χ1n) is 12.0. The van der Waals surface area contributed by atoms with Gasteiger partial charge in [-0.25, -0.2) is 0 Å². The molecule has 2 rings (SSSR count). The van der Waals surface area contributed by atoms with Crippen molar-refractivity contribution in [1.82, 2.24) is 4.90 Å². The lowest BCUT2D eigenvalue weighted by molar-refractivity contribution is 0.139. The monoisotopic (exact) mass is 403 g/mol. The Morgan fingerprint density at radius 3 is 2.76 bits per heavy atom. The van der Waals surface area contributed by atoms with Gasteiger partial charge in [0.15, 0.2) is 0 Å². The van der Waals surface area contributed by atoms with E-state index in [2.05, 4.69) is 57.1 Å². The smallest absolute Gasteiger partial charge is 0.0723 e. The van der Waals surface area contributed by atoms with Crippen LogP contribution >= 0.6 is 0 Å². The molecule has 29 heavy (non-hydrogen) atoms. The van der Waals surface area contributed by atoms with E-state index in [-0.39, 0.29) is 18.1 Å². The summed E-state index contributed by atoms with van der Waals surface area (Å²) < 4.78 is 0. The second kappa shape index (κ2) is 12.7. The summed E-state index contributed by atoms with van der Waals surface area (Å²) in [5, 5.41) is 20.9. The molecule has 2 aliphatic rings. The van der Waals surface area contributed by atoms with E-state index < -0.39 is 0 Å². The summed E-state index contributed by atoms with van der Waals surface area (Å²) >= 11 is 0. The van der Waals surface area contributed by atoms with Crippen molar-refractivity contribution in [2.24, 2.45) is 23.7 Å². The maximum Gasteiger partial charge on any atom is 0.0723 e. The molecule has 3 nitrogen and oxygen atoms in total. The van der Waals surface area contributed by atoms with Gasteiger partial charge in [0.05, 0.1) is 12.2 Å². The molecule has 2 N–H and O–H groups in total. The topological polar surface area (TPSA) is 43.7 Å². The van der Waals surface area contributed by atoms with Crippen molar-refractivity contribution in [3.8, 4) is 0 Å². The summed E-state index contributed by atoms with van der Waals surface area (Å²) in [7, 11) is 4.26. The minimum atomic E-state index is -0.385. The molecular weight excluding hydrogens is 358 g/mol. The lowest BCUT2D eigenvalue weighted by atomic mass is 9.88. The standard InChI is InChI=1S/C26H45NO2/c1-5-6-11-20(2)16-23(28)13-14-24-25-18-21(17-22(25)19-26(24)29)12-9-7-8-10-15-27(3)4/h9,12-14,17,20,22-26,28-29H,5-8,10-11,15-16,18-19H2,1-4H3/b12-9-,14-13+/t20-,22-,23+,24+,25-,26+/m0/s1. The number of hydrogen-bond donors (Lipinski definition) is 2. The molecule has 3 heteroatoms. The molecule has 0 unspecified atom stereocenters. The Balaban J connectivity index is 1.77. The number of aliphatic hydroxyl groups is 2. The predicted molar refractivity (Wildman–Crippen MR) is 124 cm³/mol. The van der Waals surface area contributed by atoms with Crippen LogP contribution in [-0.4, -0.2) is 48.0 Å². The van der Waals surface area contributed by atoms with Crippen molar-refractivity contribution in [3.05, 3.63) is 36.0 Å². The highest BCUT2D eigenvalue weighted by Crippen LogP contribution is 2.47. The van der Waals surface area contributed by atoms with Crippen molar-refractivity contribution >= 4 is 0 Å². The van der Waals surface area contributed by atoms with Crippen LogP contribution in [0.5, 0.6) is 0 Å². The number of aliphatic hydroxyl groups excluding tert-OH is 2. The fourth-order valence-electron chi connectivity index (χ4n) is 5.01. The number of unbranched alkanes of at least 4 members (excludes halogenated alkanes) is 3. The molecule has 0 aromatic rings. The molecule has 166 valence electrons. The molecule has 0 aromatic heterocycles. The molecule has 0 radical (unpaired) electrons. The van der Waals surface area contributed by atoms with Crippen LogP contribution in [0.1, 0.15) is 71.6 Å². The van der Waals surface area contributed by atoms with Crippen molar-refractivity contribution in [1.29, 1.82) is 0 Å². The Morgan fingerprint density at radius 2 is 2.03 bits per heavy atom. The summed E-state index contributed by atoms with van der Waals surface area (Å²) in [4.78, 5) is 2.24. The van der Waals surface area contributed by atoms with Gasteiger partial charge in [-0.3, -0.25) is 0 Å². The average Bonchev–Trinajstić information content (AvgIpc) is 3.17. The summed E-state index contributed by atoms with van der Waals surface area (Å²) in [5.41, 5.74) is 1.44. The average molecular weight is 404 g/mol. The van der Waals surface area contributed by atoms with Crippen molar-refractivity contribution in [3.63, 3.8) is 0 Å². The zero-order chi connectivity index (χ0) is 21.2. The van der Waals surface area contributed by atoms with Crippen LogP contribution in [-0.2, 0) is 0 Å². The first kappa shape index (κ1) is 24.4. The third-order valence-electron chi connectivity index (χ3n) is 6.71. The van der Waals surface area contributed by atoms with E-state index in [1.54, 1.807) is 0 Å². The molecule has 0 amide bonds. The Hall–Kier alpha value is -0.900. The minimum absolute atomic E-state index is 0.183. The van der Waals surface area contributed by atoms with Crippen molar-refractivity contribution < 1.29 is 10.2 Å². The second-order valence-electron chi connectivity index (χ2n) is 9.79. The van der Waals surface area contributed by atoms with Crippen LogP contribution in [0.2, 0.25) is 0 Å². The zero-order valence-electron chi connectivity index (χ0n) is 19.3. The SMILES string of the molecule is CCCC[C@H](C)C[C@H](O)/C=C/[C@@H]1[C@H]2CC(/C=C\CCCCN(C)C)=C[C@H]2C[C@H]1O. The lowest BCUT2D eigenvalue weighted by Gasteiger charge is -2.19. The highest BCUT2D eigenvalue weighted by atomic mass is 16.3. The third-order valence-corrected chi connectivity index (χ3v) is 6.71. The summed E-state index contributed by atoms with van der Waals surface area (Å²) in [6, 6.07) is 0. The minimum Gasteiger partial charge on any atom is -0.392 e. The highest BCUT2D eigenvalue weighted by Gasteiger charge is 2.42. The number of rotatable bonds is 13. The predicted octanol–water partition coefficient (Wildman–Crippen LogP) is 5.35. The second-order valence-corrected chi connectivity index (χ2v) is 9.79. The van der Waals surface area contributed by atoms with Gasteiger partial charge in [0.1, 0.15) is 0 Å². The normalized spacial score (nSPS) is 29.1. The van der Waals surface area contributed by atoms with Crippen LogP contribution in [0.25, 0.3) is 0 Å². The van der Waals surface area contributed by atoms with Crippen molar-refractivity contribution in [2.75, 3.05) is 20.6 Å². The van der Waals surface area contributed by atoms with E-state index in [1.807, 2.05) is 6.08 Å². The third kappa shape index (κ3) is 8.39. The van der Waals surface area contributed by atoms with E-state index >= 15 is 0 Å². The van der Waals surface area contributed by atoms with Gasteiger partial charge >= 0.3 is 0 Å². The number of allylic oxidation sites excluding steroid dienone is 4. The fraction of sp³-hybridized carbons (Fsp3) is 0.769. The number of fused-ring (bicyclic) bond motifs is 1. The molecule has 0 spiro atoms. The van der Waals surface area contributed by atoms with Crippen LogP contribution in [0.15, 0.2) is 36.0 Å². The van der Waals surface area contributed by atoms with E-state index in [9.17, 15) is 10.2 Å².